The highest BCUT2D eigenvalue weighted by Gasteiger charge is 2.16. The Bertz CT molecular complexity index is 80.6. The molecule has 0 aromatic heterocycles. The van der Waals surface area contributed by atoms with Crippen molar-refractivity contribution in [2.75, 3.05) is 26.2 Å². The van der Waals surface area contributed by atoms with E-state index in [-0.39, 0.29) is 0 Å². The van der Waals surface area contributed by atoms with Gasteiger partial charge in [-0.25, -0.2) is 0 Å². The second-order valence-electron chi connectivity index (χ2n) is 2.61. The molecule has 104 valence electrons. The topological polar surface area (TPSA) is 0 Å². The quantitative estimate of drug-likeness (QED) is 0.476. The minimum Gasteiger partial charge on any atom is -0.325 e. The third-order valence-electron chi connectivity index (χ3n) is 2.68. The van der Waals surface area contributed by atoms with Crippen molar-refractivity contribution < 1.29 is 4.48 Å². The standard InChI is InChI=1S/C8H20N.4C2H4/c1-5-9(6-2,7-3)8-4;4*1-2/h5-8H2,1-4H3;4*1-2H2/q+1;;;;. The van der Waals surface area contributed by atoms with Crippen LogP contribution in [0.1, 0.15) is 27.7 Å². The normalized spacial score (nSPS) is 7.29. The van der Waals surface area contributed by atoms with Gasteiger partial charge in [-0.3, -0.25) is 0 Å². The predicted molar refractivity (Wildman–Crippen MR) is 87.4 cm³/mol. The van der Waals surface area contributed by atoms with Gasteiger partial charge in [-0.2, -0.15) is 0 Å². The van der Waals surface area contributed by atoms with Gasteiger partial charge in [-0.1, -0.05) is 0 Å². The van der Waals surface area contributed by atoms with E-state index in [0.717, 1.165) is 0 Å². The third kappa shape index (κ3) is 20.9. The molecule has 0 aliphatic heterocycles. The number of quaternary nitrogens is 1. The Morgan fingerprint density at radius 2 is 0.588 bits per heavy atom. The molecule has 0 amide bonds. The first kappa shape index (κ1) is 29.7. The molecule has 0 aliphatic carbocycles. The van der Waals surface area contributed by atoms with Gasteiger partial charge in [0.25, 0.3) is 0 Å². The summed E-state index contributed by atoms with van der Waals surface area (Å²) in [7, 11) is 0. The molecule has 0 fully saturated rings. The fourth-order valence-corrected chi connectivity index (χ4v) is 1.34. The summed E-state index contributed by atoms with van der Waals surface area (Å²) in [5.74, 6) is 0. The Hall–Kier alpha value is -1.08. The Kier molecular flexibility index (Phi) is 63.5. The molecule has 0 aromatic carbocycles. The van der Waals surface area contributed by atoms with E-state index in [4.69, 9.17) is 0 Å². The van der Waals surface area contributed by atoms with E-state index in [1.165, 1.54) is 30.7 Å². The molecular formula is C16H36N+. The summed E-state index contributed by atoms with van der Waals surface area (Å²) in [5, 5.41) is 0. The summed E-state index contributed by atoms with van der Waals surface area (Å²) in [6.07, 6.45) is 0. The van der Waals surface area contributed by atoms with Crippen LogP contribution in [0.25, 0.3) is 0 Å². The van der Waals surface area contributed by atoms with Crippen molar-refractivity contribution in [3.8, 4) is 0 Å². The molecule has 1 nitrogen and oxygen atoms in total. The highest BCUT2D eigenvalue weighted by Crippen LogP contribution is 2.03. The zero-order valence-electron chi connectivity index (χ0n) is 12.9. The van der Waals surface area contributed by atoms with Gasteiger partial charge in [0, 0.05) is 0 Å². The van der Waals surface area contributed by atoms with Gasteiger partial charge in [-0.05, 0) is 27.7 Å². The minimum atomic E-state index is 1.28. The summed E-state index contributed by atoms with van der Waals surface area (Å²) < 4.78 is 1.28. The lowest BCUT2D eigenvalue weighted by atomic mass is 10.3. The Morgan fingerprint density at radius 1 is 0.471 bits per heavy atom. The van der Waals surface area contributed by atoms with E-state index in [1.54, 1.807) is 0 Å². The average Bonchev–Trinajstić information content (AvgIpc) is 2.50. The van der Waals surface area contributed by atoms with Gasteiger partial charge >= 0.3 is 0 Å². The van der Waals surface area contributed by atoms with E-state index in [0.29, 0.717) is 0 Å². The lowest BCUT2D eigenvalue weighted by molar-refractivity contribution is -0.921. The maximum absolute atomic E-state index is 3.00. The van der Waals surface area contributed by atoms with Gasteiger partial charge in [0.05, 0.1) is 26.2 Å². The van der Waals surface area contributed by atoms with Crippen LogP contribution in [-0.2, 0) is 0 Å². The van der Waals surface area contributed by atoms with Gasteiger partial charge in [-0.15, -0.1) is 52.6 Å². The van der Waals surface area contributed by atoms with Crippen molar-refractivity contribution in [3.63, 3.8) is 0 Å². The van der Waals surface area contributed by atoms with E-state index in [9.17, 15) is 0 Å². The summed E-state index contributed by atoms with van der Waals surface area (Å²) in [6, 6.07) is 0. The van der Waals surface area contributed by atoms with Gasteiger partial charge in [0.15, 0.2) is 0 Å². The lowest BCUT2D eigenvalue weighted by Gasteiger charge is -2.34. The first-order valence-electron chi connectivity index (χ1n) is 6.09. The zero-order valence-corrected chi connectivity index (χ0v) is 12.9. The first-order valence-corrected chi connectivity index (χ1v) is 6.09. The highest BCUT2D eigenvalue weighted by molar-refractivity contribution is 4.31. The van der Waals surface area contributed by atoms with E-state index in [2.05, 4.69) is 80.3 Å². The van der Waals surface area contributed by atoms with Crippen LogP contribution in [0.2, 0.25) is 0 Å². The Balaban J connectivity index is -0.0000000507. The van der Waals surface area contributed by atoms with Gasteiger partial charge in [0.2, 0.25) is 0 Å². The van der Waals surface area contributed by atoms with E-state index < -0.39 is 0 Å². The maximum Gasteiger partial charge on any atom is 0.0757 e. The number of rotatable bonds is 4. The van der Waals surface area contributed by atoms with Crippen LogP contribution in [0.4, 0.5) is 0 Å². The van der Waals surface area contributed by atoms with Crippen molar-refractivity contribution in [2.45, 2.75) is 27.7 Å². The predicted octanol–water partition coefficient (Wildman–Crippen LogP) is 5.09. The highest BCUT2D eigenvalue weighted by atomic mass is 15.3. The molecule has 0 spiro atoms. The molecule has 0 saturated heterocycles. The number of hydrogen-bond donors (Lipinski definition) is 0. The molecule has 17 heavy (non-hydrogen) atoms. The molecule has 0 unspecified atom stereocenters. The molecule has 0 N–H and O–H groups in total. The van der Waals surface area contributed by atoms with Gasteiger partial charge < -0.3 is 4.48 Å². The Labute approximate surface area is 111 Å². The summed E-state index contributed by atoms with van der Waals surface area (Å²) >= 11 is 0. The molecule has 0 radical (unpaired) electrons. The van der Waals surface area contributed by atoms with Crippen LogP contribution >= 0.6 is 0 Å². The fourth-order valence-electron chi connectivity index (χ4n) is 1.34. The average molecular weight is 242 g/mol. The van der Waals surface area contributed by atoms with E-state index >= 15 is 0 Å². The van der Waals surface area contributed by atoms with Gasteiger partial charge in [0.1, 0.15) is 0 Å². The van der Waals surface area contributed by atoms with Crippen molar-refractivity contribution in [1.29, 1.82) is 0 Å². The van der Waals surface area contributed by atoms with Crippen LogP contribution in [-0.4, -0.2) is 30.7 Å². The van der Waals surface area contributed by atoms with Crippen molar-refractivity contribution in [2.24, 2.45) is 0 Å². The monoisotopic (exact) mass is 242 g/mol. The number of nitrogens with zero attached hydrogens (tertiary/aromatic N) is 1. The van der Waals surface area contributed by atoms with Crippen LogP contribution in [0.5, 0.6) is 0 Å². The van der Waals surface area contributed by atoms with Crippen molar-refractivity contribution >= 4 is 0 Å². The SMILES string of the molecule is C=C.C=C.C=C.C=C.CC[N+](CC)(CC)CC. The molecule has 1 heteroatoms. The summed E-state index contributed by atoms with van der Waals surface area (Å²) in [6.45, 7) is 38.2. The molecule has 0 saturated carbocycles. The first-order chi connectivity index (χ1) is 8.24. The number of hydrogen-bond acceptors (Lipinski definition) is 0. The fraction of sp³-hybridized carbons (Fsp3) is 0.500. The van der Waals surface area contributed by atoms with Crippen LogP contribution in [0.15, 0.2) is 52.6 Å². The second-order valence-corrected chi connectivity index (χ2v) is 2.61. The molecule has 0 aliphatic rings. The second kappa shape index (κ2) is 36.3. The van der Waals surface area contributed by atoms with Crippen LogP contribution in [0, 0.1) is 0 Å². The van der Waals surface area contributed by atoms with Crippen molar-refractivity contribution in [1.82, 2.24) is 0 Å². The largest absolute Gasteiger partial charge is 0.325 e. The molecule has 0 rings (SSSR count). The smallest absolute Gasteiger partial charge is 0.0757 e. The lowest BCUT2D eigenvalue weighted by Crippen LogP contribution is -2.47. The van der Waals surface area contributed by atoms with Crippen molar-refractivity contribution in [3.05, 3.63) is 52.6 Å². The Morgan fingerprint density at radius 3 is 0.588 bits per heavy atom. The molecule has 0 bridgehead atoms. The third-order valence-corrected chi connectivity index (χ3v) is 2.68. The van der Waals surface area contributed by atoms with Crippen LogP contribution in [0.3, 0.4) is 0 Å². The van der Waals surface area contributed by atoms with E-state index in [1.807, 2.05) is 0 Å². The molecular weight excluding hydrogens is 206 g/mol. The summed E-state index contributed by atoms with van der Waals surface area (Å²) in [4.78, 5) is 0. The summed E-state index contributed by atoms with van der Waals surface area (Å²) in [5.41, 5.74) is 0. The maximum atomic E-state index is 3.00. The van der Waals surface area contributed by atoms with Crippen LogP contribution < -0.4 is 0 Å². The zero-order chi connectivity index (χ0) is 15.3. The molecule has 0 heterocycles. The minimum absolute atomic E-state index is 1.28. The molecule has 0 atom stereocenters. The molecule has 0 aromatic rings.